The van der Waals surface area contributed by atoms with Gasteiger partial charge < -0.3 is 10.2 Å². The SMILES string of the molecule is Cc1cc(NC(=O)C2CC(c3c(F)cccc3Cl)=NO2)nn1Cc1ccccc1Cl. The minimum Gasteiger partial charge on any atom is -0.382 e. The zero-order valence-corrected chi connectivity index (χ0v) is 17.4. The molecule has 1 N–H and O–H groups in total. The topological polar surface area (TPSA) is 68.5 Å². The van der Waals surface area contributed by atoms with Crippen molar-refractivity contribution in [1.29, 1.82) is 0 Å². The van der Waals surface area contributed by atoms with E-state index in [-0.39, 0.29) is 17.0 Å². The fourth-order valence-electron chi connectivity index (χ4n) is 3.17. The minimum absolute atomic E-state index is 0.103. The standard InChI is InChI=1S/C21H17Cl2FN4O2/c1-12-9-19(26-28(12)11-13-5-2-3-6-14(13)22)25-21(29)18-10-17(27-30-18)20-15(23)7-4-8-16(20)24/h2-9,18H,10-11H2,1H3,(H,25,26,29). The van der Waals surface area contributed by atoms with Gasteiger partial charge >= 0.3 is 0 Å². The van der Waals surface area contributed by atoms with Gasteiger partial charge in [-0.2, -0.15) is 5.10 Å². The summed E-state index contributed by atoms with van der Waals surface area (Å²) in [5, 5.41) is 11.8. The molecule has 9 heteroatoms. The van der Waals surface area contributed by atoms with Crippen molar-refractivity contribution in [1.82, 2.24) is 9.78 Å². The van der Waals surface area contributed by atoms with Crippen LogP contribution in [0.4, 0.5) is 10.2 Å². The first-order valence-electron chi connectivity index (χ1n) is 9.18. The van der Waals surface area contributed by atoms with E-state index in [1.165, 1.54) is 12.1 Å². The fourth-order valence-corrected chi connectivity index (χ4v) is 3.63. The van der Waals surface area contributed by atoms with Crippen LogP contribution in [0.1, 0.15) is 23.2 Å². The summed E-state index contributed by atoms with van der Waals surface area (Å²) in [5.74, 6) is -0.561. The Hall–Kier alpha value is -2.90. The largest absolute Gasteiger partial charge is 0.382 e. The number of carbonyl (C=O) groups excluding carboxylic acids is 1. The number of hydrogen-bond acceptors (Lipinski definition) is 4. The fraction of sp³-hybridized carbons (Fsp3) is 0.190. The van der Waals surface area contributed by atoms with E-state index in [1.54, 1.807) is 16.8 Å². The summed E-state index contributed by atoms with van der Waals surface area (Å²) in [6, 6.07) is 13.6. The lowest BCUT2D eigenvalue weighted by Crippen LogP contribution is -2.28. The highest BCUT2D eigenvalue weighted by Crippen LogP contribution is 2.26. The predicted molar refractivity (Wildman–Crippen MR) is 114 cm³/mol. The van der Waals surface area contributed by atoms with Gasteiger partial charge in [-0.1, -0.05) is 52.6 Å². The van der Waals surface area contributed by atoms with Crippen LogP contribution in [-0.2, 0) is 16.2 Å². The first kappa shape index (κ1) is 20.4. The molecule has 1 amide bonds. The molecule has 1 aromatic heterocycles. The minimum atomic E-state index is -0.898. The van der Waals surface area contributed by atoms with Crippen molar-refractivity contribution in [3.63, 3.8) is 0 Å². The summed E-state index contributed by atoms with van der Waals surface area (Å²) in [7, 11) is 0. The number of nitrogens with zero attached hydrogens (tertiary/aromatic N) is 3. The van der Waals surface area contributed by atoms with E-state index in [4.69, 9.17) is 28.0 Å². The number of aryl methyl sites for hydroxylation is 1. The van der Waals surface area contributed by atoms with E-state index >= 15 is 0 Å². The molecule has 154 valence electrons. The van der Waals surface area contributed by atoms with Crippen molar-refractivity contribution < 1.29 is 14.0 Å². The van der Waals surface area contributed by atoms with Crippen molar-refractivity contribution in [2.45, 2.75) is 26.0 Å². The number of carbonyl (C=O) groups is 1. The van der Waals surface area contributed by atoms with Crippen molar-refractivity contribution >= 4 is 40.6 Å². The van der Waals surface area contributed by atoms with Gasteiger partial charge in [0.15, 0.2) is 5.82 Å². The summed E-state index contributed by atoms with van der Waals surface area (Å²) in [6.45, 7) is 2.35. The molecular formula is C21H17Cl2FN4O2. The molecule has 1 unspecified atom stereocenters. The summed E-state index contributed by atoms with van der Waals surface area (Å²) < 4.78 is 15.8. The van der Waals surface area contributed by atoms with Crippen LogP contribution in [0.5, 0.6) is 0 Å². The van der Waals surface area contributed by atoms with Gasteiger partial charge in [-0.15, -0.1) is 0 Å². The number of benzene rings is 2. The van der Waals surface area contributed by atoms with Crippen LogP contribution in [0.3, 0.4) is 0 Å². The van der Waals surface area contributed by atoms with E-state index in [9.17, 15) is 9.18 Å². The number of halogens is 3. The first-order valence-corrected chi connectivity index (χ1v) is 9.94. The summed E-state index contributed by atoms with van der Waals surface area (Å²) in [4.78, 5) is 17.8. The maximum Gasteiger partial charge on any atom is 0.269 e. The molecule has 0 saturated carbocycles. The molecule has 0 aliphatic carbocycles. The van der Waals surface area contributed by atoms with Gasteiger partial charge in [0.05, 0.1) is 22.8 Å². The third kappa shape index (κ3) is 4.17. The predicted octanol–water partition coefficient (Wildman–Crippen LogP) is 4.82. The number of nitrogens with one attached hydrogen (secondary N) is 1. The number of oxime groups is 1. The highest BCUT2D eigenvalue weighted by Gasteiger charge is 2.31. The maximum atomic E-state index is 14.1. The molecule has 3 aromatic rings. The van der Waals surface area contributed by atoms with Gasteiger partial charge in [-0.25, -0.2) is 4.39 Å². The lowest BCUT2D eigenvalue weighted by Gasteiger charge is -2.08. The van der Waals surface area contributed by atoms with Crippen molar-refractivity contribution in [2.24, 2.45) is 5.16 Å². The van der Waals surface area contributed by atoms with E-state index in [0.717, 1.165) is 11.3 Å². The Kier molecular flexibility index (Phi) is 5.74. The normalized spacial score (nSPS) is 15.6. The molecule has 0 radical (unpaired) electrons. The molecule has 0 fully saturated rings. The van der Waals surface area contributed by atoms with E-state index in [2.05, 4.69) is 15.6 Å². The Balaban J connectivity index is 1.42. The van der Waals surface area contributed by atoms with Crippen LogP contribution in [0.2, 0.25) is 10.0 Å². The number of amides is 1. The maximum absolute atomic E-state index is 14.1. The van der Waals surface area contributed by atoms with Crippen LogP contribution in [0, 0.1) is 12.7 Å². The third-order valence-corrected chi connectivity index (χ3v) is 5.41. The Labute approximate surface area is 182 Å². The average Bonchev–Trinajstić information content (AvgIpc) is 3.31. The summed E-state index contributed by atoms with van der Waals surface area (Å²) in [5.41, 5.74) is 2.21. The smallest absolute Gasteiger partial charge is 0.269 e. The zero-order chi connectivity index (χ0) is 21.3. The molecule has 2 aromatic carbocycles. The molecule has 0 bridgehead atoms. The average molecular weight is 447 g/mol. The van der Waals surface area contributed by atoms with Gasteiger partial charge in [0.1, 0.15) is 5.82 Å². The molecule has 1 atom stereocenters. The second kappa shape index (κ2) is 8.45. The van der Waals surface area contributed by atoms with Crippen molar-refractivity contribution in [3.05, 3.63) is 81.2 Å². The van der Waals surface area contributed by atoms with E-state index in [0.29, 0.717) is 23.1 Å². The van der Waals surface area contributed by atoms with Gasteiger partial charge in [0, 0.05) is 23.2 Å². The Morgan fingerprint density at radius 2 is 2.00 bits per heavy atom. The van der Waals surface area contributed by atoms with Crippen LogP contribution < -0.4 is 5.32 Å². The first-order chi connectivity index (χ1) is 14.4. The summed E-state index contributed by atoms with van der Waals surface area (Å²) >= 11 is 12.3. The van der Waals surface area contributed by atoms with Gasteiger partial charge in [-0.3, -0.25) is 9.48 Å². The highest BCUT2D eigenvalue weighted by molar-refractivity contribution is 6.34. The molecule has 0 saturated heterocycles. The van der Waals surface area contributed by atoms with E-state index < -0.39 is 17.8 Å². The second-order valence-electron chi connectivity index (χ2n) is 6.84. The Morgan fingerprint density at radius 3 is 2.77 bits per heavy atom. The van der Waals surface area contributed by atoms with Crippen LogP contribution in [-0.4, -0.2) is 27.5 Å². The van der Waals surface area contributed by atoms with Gasteiger partial charge in [-0.05, 0) is 30.7 Å². The summed E-state index contributed by atoms with van der Waals surface area (Å²) in [6.07, 6.45) is -0.795. The molecule has 0 spiro atoms. The van der Waals surface area contributed by atoms with Crippen molar-refractivity contribution in [2.75, 3.05) is 5.32 Å². The quantitative estimate of drug-likeness (QED) is 0.610. The molecule has 1 aliphatic heterocycles. The molecule has 1 aliphatic rings. The van der Waals surface area contributed by atoms with Crippen LogP contribution in [0.15, 0.2) is 53.7 Å². The molecule has 2 heterocycles. The second-order valence-corrected chi connectivity index (χ2v) is 7.66. The van der Waals surface area contributed by atoms with E-state index in [1.807, 2.05) is 31.2 Å². The highest BCUT2D eigenvalue weighted by atomic mass is 35.5. The molecule has 30 heavy (non-hydrogen) atoms. The van der Waals surface area contributed by atoms with Gasteiger partial charge in [0.25, 0.3) is 5.91 Å². The third-order valence-electron chi connectivity index (χ3n) is 4.72. The monoisotopic (exact) mass is 446 g/mol. The Bertz CT molecular complexity index is 1130. The Morgan fingerprint density at radius 1 is 1.23 bits per heavy atom. The lowest BCUT2D eigenvalue weighted by molar-refractivity contribution is -0.125. The molecule has 4 rings (SSSR count). The zero-order valence-electron chi connectivity index (χ0n) is 15.9. The number of rotatable bonds is 5. The molecule has 6 nitrogen and oxygen atoms in total. The van der Waals surface area contributed by atoms with Gasteiger partial charge in [0.2, 0.25) is 6.10 Å². The lowest BCUT2D eigenvalue weighted by atomic mass is 10.0. The number of aromatic nitrogens is 2. The van der Waals surface area contributed by atoms with Crippen molar-refractivity contribution in [3.8, 4) is 0 Å². The number of hydrogen-bond donors (Lipinski definition) is 1. The molecular weight excluding hydrogens is 430 g/mol. The van der Waals surface area contributed by atoms with Crippen LogP contribution in [0.25, 0.3) is 0 Å². The number of anilines is 1. The van der Waals surface area contributed by atoms with Crippen LogP contribution >= 0.6 is 23.2 Å².